The fourth-order valence-electron chi connectivity index (χ4n) is 7.22. The Hall–Kier alpha value is -3.98. The van der Waals surface area contributed by atoms with Crippen molar-refractivity contribution in [2.75, 3.05) is 0 Å². The van der Waals surface area contributed by atoms with Gasteiger partial charge in [0.2, 0.25) is 11.8 Å². The molecule has 6 atom stereocenters. The Labute approximate surface area is 303 Å². The van der Waals surface area contributed by atoms with Crippen LogP contribution in [0.1, 0.15) is 57.9 Å². The molecule has 0 spiro atoms. The van der Waals surface area contributed by atoms with Crippen molar-refractivity contribution in [1.29, 1.82) is 0 Å². The van der Waals surface area contributed by atoms with Crippen LogP contribution in [0.15, 0.2) is 48.8 Å². The average Bonchev–Trinajstić information content (AvgIpc) is 3.90. The lowest BCUT2D eigenvalue weighted by atomic mass is 9.99. The minimum Gasteiger partial charge on any atom is -0.351 e. The summed E-state index contributed by atoms with van der Waals surface area (Å²) in [6, 6.07) is 7.61. The standard InChI is InChI=1S/2C17H15ClFN3O2S/c2*18-9-4-8(5-10(19)6-9)17-20-7-13(25-17)15(23)22-14-11-2-1-3-12(11)21-16(14)24/h2*4-7,11-12,14H,1-3H2,(H,21,24)(H,22,23)/t2*11-,12+,14+/m10/s1. The van der Waals surface area contributed by atoms with Crippen LogP contribution in [0.5, 0.6) is 0 Å². The zero-order valence-corrected chi connectivity index (χ0v) is 29.3. The molecule has 2 aromatic carbocycles. The van der Waals surface area contributed by atoms with E-state index in [9.17, 15) is 28.0 Å². The average molecular weight is 760 g/mol. The fourth-order valence-corrected chi connectivity index (χ4v) is 9.27. The molecule has 4 aliphatic rings. The second-order valence-corrected chi connectivity index (χ2v) is 15.6. The van der Waals surface area contributed by atoms with Gasteiger partial charge in [0, 0.05) is 45.1 Å². The number of carbonyl (C=O) groups is 4. The van der Waals surface area contributed by atoms with Crippen molar-refractivity contribution >= 4 is 69.5 Å². The van der Waals surface area contributed by atoms with Gasteiger partial charge in [-0.25, -0.2) is 18.7 Å². The van der Waals surface area contributed by atoms with E-state index in [1.165, 1.54) is 36.7 Å². The van der Waals surface area contributed by atoms with E-state index in [0.717, 1.165) is 61.2 Å². The van der Waals surface area contributed by atoms with E-state index >= 15 is 0 Å². The Morgan fingerprint density at radius 3 is 1.50 bits per heavy atom. The van der Waals surface area contributed by atoms with Crippen LogP contribution in [-0.4, -0.2) is 57.8 Å². The van der Waals surface area contributed by atoms with Crippen molar-refractivity contribution in [3.05, 3.63) is 80.2 Å². The Kier molecular flexibility index (Phi) is 9.88. The normalized spacial score (nSPS) is 24.9. The number of aromatic nitrogens is 2. The Bertz CT molecular complexity index is 1810. The number of nitrogens with one attached hydrogen (secondary N) is 4. The molecule has 2 aromatic heterocycles. The lowest BCUT2D eigenvalue weighted by molar-refractivity contribution is -0.122. The van der Waals surface area contributed by atoms with E-state index in [1.54, 1.807) is 12.1 Å². The zero-order chi connectivity index (χ0) is 35.1. The number of nitrogens with zero attached hydrogens (tertiary/aromatic N) is 2. The lowest BCUT2D eigenvalue weighted by Gasteiger charge is -2.16. The van der Waals surface area contributed by atoms with Gasteiger partial charge in [-0.3, -0.25) is 19.2 Å². The molecule has 2 saturated heterocycles. The first-order chi connectivity index (χ1) is 24.0. The molecule has 4 heterocycles. The van der Waals surface area contributed by atoms with Gasteiger partial charge in [0.05, 0.1) is 12.4 Å². The highest BCUT2D eigenvalue weighted by atomic mass is 35.5. The molecule has 50 heavy (non-hydrogen) atoms. The number of hydrogen-bond acceptors (Lipinski definition) is 8. The van der Waals surface area contributed by atoms with E-state index in [2.05, 4.69) is 31.2 Å². The van der Waals surface area contributed by atoms with Crippen LogP contribution in [0.25, 0.3) is 21.1 Å². The third kappa shape index (κ3) is 7.25. The fraction of sp³-hybridized carbons (Fsp3) is 0.353. The van der Waals surface area contributed by atoms with Gasteiger partial charge in [-0.05, 0) is 62.1 Å². The zero-order valence-electron chi connectivity index (χ0n) is 26.2. The van der Waals surface area contributed by atoms with Gasteiger partial charge in [0.15, 0.2) is 0 Å². The second-order valence-electron chi connectivity index (χ2n) is 12.7. The number of fused-ring (bicyclic) bond motifs is 2. The smallest absolute Gasteiger partial charge is 0.263 e. The largest absolute Gasteiger partial charge is 0.351 e. The number of benzene rings is 2. The summed E-state index contributed by atoms with van der Waals surface area (Å²) < 4.78 is 27.0. The van der Waals surface area contributed by atoms with Crippen molar-refractivity contribution in [2.24, 2.45) is 11.8 Å². The van der Waals surface area contributed by atoms with Crippen molar-refractivity contribution in [3.8, 4) is 21.1 Å². The van der Waals surface area contributed by atoms with E-state index in [0.29, 0.717) is 30.9 Å². The van der Waals surface area contributed by atoms with Gasteiger partial charge in [-0.15, -0.1) is 22.7 Å². The number of carbonyl (C=O) groups excluding carboxylic acids is 4. The first kappa shape index (κ1) is 34.5. The molecule has 4 N–H and O–H groups in total. The van der Waals surface area contributed by atoms with Crippen molar-refractivity contribution in [3.63, 3.8) is 0 Å². The molecular weight excluding hydrogens is 729 g/mol. The molecular formula is C34H30Cl2F2N6O4S2. The molecule has 2 aliphatic heterocycles. The monoisotopic (exact) mass is 758 g/mol. The molecule has 0 unspecified atom stereocenters. The summed E-state index contributed by atoms with van der Waals surface area (Å²) in [7, 11) is 0. The molecule has 260 valence electrons. The van der Waals surface area contributed by atoms with Crippen LogP contribution in [0.3, 0.4) is 0 Å². The highest BCUT2D eigenvalue weighted by Crippen LogP contribution is 2.35. The van der Waals surface area contributed by atoms with Gasteiger partial charge in [0.1, 0.15) is 43.5 Å². The quantitative estimate of drug-likeness (QED) is 0.190. The Morgan fingerprint density at radius 1 is 0.680 bits per heavy atom. The molecule has 0 radical (unpaired) electrons. The third-order valence-corrected chi connectivity index (χ3v) is 12.0. The summed E-state index contributed by atoms with van der Waals surface area (Å²) in [5.41, 5.74) is 1.03. The topological polar surface area (TPSA) is 142 Å². The Morgan fingerprint density at radius 2 is 1.10 bits per heavy atom. The van der Waals surface area contributed by atoms with Gasteiger partial charge < -0.3 is 21.3 Å². The van der Waals surface area contributed by atoms with Crippen molar-refractivity contribution in [2.45, 2.75) is 62.7 Å². The molecule has 10 nitrogen and oxygen atoms in total. The number of halogens is 4. The summed E-state index contributed by atoms with van der Waals surface area (Å²) in [5, 5.41) is 13.1. The SMILES string of the molecule is O=C(N[C@@H]1C(=O)N[C@H]2CCC[C@H]21)c1cnc(-c2cc(F)cc(Cl)c2)s1.O=C(N[C@H]1C(=O)N[C@@H]2CCC[C@@H]21)c1cnc(-c2cc(F)cc(Cl)c2)s1. The van der Waals surface area contributed by atoms with Crippen LogP contribution in [0.2, 0.25) is 10.0 Å². The molecule has 2 aliphatic carbocycles. The van der Waals surface area contributed by atoms with Crippen LogP contribution < -0.4 is 21.3 Å². The first-order valence-corrected chi connectivity index (χ1v) is 18.5. The minimum absolute atomic E-state index is 0.121. The van der Waals surface area contributed by atoms with Crippen molar-refractivity contribution < 1.29 is 28.0 Å². The predicted octanol–water partition coefficient (Wildman–Crippen LogP) is 6.00. The maximum Gasteiger partial charge on any atom is 0.263 e. The van der Waals surface area contributed by atoms with Gasteiger partial charge >= 0.3 is 0 Å². The van der Waals surface area contributed by atoms with E-state index < -0.39 is 23.7 Å². The molecule has 4 fully saturated rings. The number of hydrogen-bond donors (Lipinski definition) is 4. The number of thiazole rings is 2. The van der Waals surface area contributed by atoms with Crippen LogP contribution >= 0.6 is 45.9 Å². The lowest BCUT2D eigenvalue weighted by Crippen LogP contribution is -2.43. The predicted molar refractivity (Wildman–Crippen MR) is 186 cm³/mol. The minimum atomic E-state index is -0.492. The molecule has 2 saturated carbocycles. The van der Waals surface area contributed by atoms with Gasteiger partial charge in [-0.1, -0.05) is 36.0 Å². The summed E-state index contributed by atoms with van der Waals surface area (Å²) in [6.45, 7) is 0. The molecule has 4 aromatic rings. The van der Waals surface area contributed by atoms with Crippen molar-refractivity contribution in [1.82, 2.24) is 31.2 Å². The maximum atomic E-state index is 13.5. The first-order valence-electron chi connectivity index (χ1n) is 16.1. The highest BCUT2D eigenvalue weighted by Gasteiger charge is 2.46. The molecule has 8 rings (SSSR count). The van der Waals surface area contributed by atoms with Gasteiger partial charge in [-0.2, -0.15) is 0 Å². The van der Waals surface area contributed by atoms with Crippen LogP contribution in [0, 0.1) is 23.5 Å². The summed E-state index contributed by atoms with van der Waals surface area (Å²) in [6.07, 6.45) is 8.80. The number of rotatable bonds is 6. The number of amides is 4. The highest BCUT2D eigenvalue weighted by molar-refractivity contribution is 7.17. The molecule has 16 heteroatoms. The Balaban J connectivity index is 0.000000157. The van der Waals surface area contributed by atoms with Crippen LogP contribution in [0.4, 0.5) is 8.78 Å². The van der Waals surface area contributed by atoms with E-state index in [1.807, 2.05) is 0 Å². The summed E-state index contributed by atoms with van der Waals surface area (Å²) in [5.74, 6) is -1.51. The van der Waals surface area contributed by atoms with Gasteiger partial charge in [0.25, 0.3) is 11.8 Å². The van der Waals surface area contributed by atoms with E-state index in [4.69, 9.17) is 23.2 Å². The summed E-state index contributed by atoms with van der Waals surface area (Å²) in [4.78, 5) is 58.2. The van der Waals surface area contributed by atoms with E-state index in [-0.39, 0.29) is 57.6 Å². The molecule has 0 bridgehead atoms. The van der Waals surface area contributed by atoms with Crippen LogP contribution in [-0.2, 0) is 9.59 Å². The maximum absolute atomic E-state index is 13.5. The second kappa shape index (κ2) is 14.3. The summed E-state index contributed by atoms with van der Waals surface area (Å²) >= 11 is 14.0. The molecule has 4 amide bonds. The third-order valence-electron chi connectivity index (χ3n) is 9.47.